The molecule has 0 unspecified atom stereocenters. The first-order valence-electron chi connectivity index (χ1n) is 12.4. The van der Waals surface area contributed by atoms with Gasteiger partial charge in [-0.15, -0.1) is 0 Å². The van der Waals surface area contributed by atoms with E-state index in [1.807, 2.05) is 0 Å². The number of aromatic nitrogens is 2. The van der Waals surface area contributed by atoms with Gasteiger partial charge in [0.2, 0.25) is 0 Å². The van der Waals surface area contributed by atoms with Crippen LogP contribution >= 0.6 is 0 Å². The van der Waals surface area contributed by atoms with Gasteiger partial charge in [0.15, 0.2) is 5.69 Å². The molecule has 0 saturated heterocycles. The van der Waals surface area contributed by atoms with Crippen LogP contribution in [-0.4, -0.2) is 65.7 Å². The maximum Gasteiger partial charge on any atom is 0.389 e. The predicted molar refractivity (Wildman–Crippen MR) is 133 cm³/mol. The van der Waals surface area contributed by atoms with E-state index in [1.165, 1.54) is 29.9 Å². The zero-order valence-corrected chi connectivity index (χ0v) is 22.6. The van der Waals surface area contributed by atoms with Gasteiger partial charge in [0, 0.05) is 37.4 Å². The van der Waals surface area contributed by atoms with Crippen LogP contribution in [0.2, 0.25) is 0 Å². The van der Waals surface area contributed by atoms with Crippen molar-refractivity contribution in [3.05, 3.63) is 35.0 Å². The van der Waals surface area contributed by atoms with Crippen LogP contribution in [-0.2, 0) is 23.3 Å². The van der Waals surface area contributed by atoms with Gasteiger partial charge in [-0.25, -0.2) is 8.42 Å². The Morgan fingerprint density at radius 3 is 2.49 bits per heavy atom. The summed E-state index contributed by atoms with van der Waals surface area (Å²) >= 11 is 0. The van der Waals surface area contributed by atoms with Gasteiger partial charge in [0.1, 0.15) is 15.6 Å². The van der Waals surface area contributed by atoms with Gasteiger partial charge >= 0.3 is 12.8 Å². The van der Waals surface area contributed by atoms with Crippen molar-refractivity contribution < 1.29 is 45.0 Å². The molecule has 0 aliphatic heterocycles. The maximum atomic E-state index is 13.2. The zero-order chi connectivity index (χ0) is 29.2. The lowest BCUT2D eigenvalue weighted by molar-refractivity contribution is -0.135. The van der Waals surface area contributed by atoms with Gasteiger partial charge in [-0.2, -0.15) is 27.1 Å². The maximum absolute atomic E-state index is 13.2. The summed E-state index contributed by atoms with van der Waals surface area (Å²) in [5, 5.41) is 17.1. The third-order valence-electron chi connectivity index (χ3n) is 6.99. The van der Waals surface area contributed by atoms with Gasteiger partial charge in [-0.1, -0.05) is 6.07 Å². The van der Waals surface area contributed by atoms with E-state index in [-0.39, 0.29) is 62.1 Å². The highest BCUT2D eigenvalue weighted by molar-refractivity contribution is 7.91. The fourth-order valence-corrected chi connectivity index (χ4v) is 5.98. The van der Waals surface area contributed by atoms with Crippen molar-refractivity contribution in [3.63, 3.8) is 0 Å². The normalized spacial score (nSPS) is 20.3. The van der Waals surface area contributed by atoms with Crippen molar-refractivity contribution in [1.29, 1.82) is 0 Å². The third kappa shape index (κ3) is 8.13. The monoisotopic (exact) mass is 581 g/mol. The highest BCUT2D eigenvalue weighted by Crippen LogP contribution is 2.36. The first-order valence-corrected chi connectivity index (χ1v) is 14.3. The number of alkyl halides is 5. The second-order valence-electron chi connectivity index (χ2n) is 10.1. The molecule has 0 radical (unpaired) electrons. The van der Waals surface area contributed by atoms with Crippen molar-refractivity contribution in [1.82, 2.24) is 15.1 Å². The van der Waals surface area contributed by atoms with E-state index in [9.17, 15) is 40.3 Å². The number of aliphatic hydroxyl groups is 1. The van der Waals surface area contributed by atoms with Crippen LogP contribution in [0.5, 0.6) is 5.75 Å². The van der Waals surface area contributed by atoms with Gasteiger partial charge < -0.3 is 15.2 Å². The number of aryl methyl sites for hydroxylation is 2. The highest BCUT2D eigenvalue weighted by atomic mass is 32.2. The minimum Gasteiger partial charge on any atom is -0.434 e. The summed E-state index contributed by atoms with van der Waals surface area (Å²) in [6.45, 7) is -1.75. The van der Waals surface area contributed by atoms with Gasteiger partial charge in [0.25, 0.3) is 5.91 Å². The molecule has 0 bridgehead atoms. The molecule has 1 heterocycles. The summed E-state index contributed by atoms with van der Waals surface area (Å²) in [4.78, 5) is 12.9. The van der Waals surface area contributed by atoms with E-state index >= 15 is 0 Å². The SMILES string of the molecule is Cc1c(C(=O)NC[C@]2(O)CC[C@@H](S(C)(=O)=O)CC2)nn(C)c1-c1ccc(CCCC(F)(F)F)cc1OC(F)F. The Balaban J connectivity index is 1.78. The van der Waals surface area contributed by atoms with Crippen LogP contribution in [0.1, 0.15) is 60.1 Å². The van der Waals surface area contributed by atoms with Crippen molar-refractivity contribution >= 4 is 15.7 Å². The lowest BCUT2D eigenvalue weighted by atomic mass is 9.84. The quantitative estimate of drug-likeness (QED) is 0.405. The predicted octanol–water partition coefficient (Wildman–Crippen LogP) is 4.33. The average Bonchev–Trinajstić information content (AvgIpc) is 3.10. The van der Waals surface area contributed by atoms with Crippen LogP contribution in [0.3, 0.4) is 0 Å². The molecule has 1 saturated carbocycles. The van der Waals surface area contributed by atoms with Gasteiger partial charge in [-0.3, -0.25) is 9.48 Å². The molecule has 1 aliphatic rings. The molecule has 39 heavy (non-hydrogen) atoms. The second-order valence-corrected chi connectivity index (χ2v) is 12.4. The summed E-state index contributed by atoms with van der Waals surface area (Å²) < 4.78 is 93.3. The lowest BCUT2D eigenvalue weighted by Crippen LogP contribution is -2.47. The van der Waals surface area contributed by atoms with Crippen LogP contribution in [0.25, 0.3) is 11.3 Å². The number of halogens is 5. The van der Waals surface area contributed by atoms with E-state index in [2.05, 4.69) is 15.2 Å². The number of benzene rings is 1. The number of hydrogen-bond donors (Lipinski definition) is 2. The summed E-state index contributed by atoms with van der Waals surface area (Å²) in [7, 11) is -1.72. The molecule has 2 N–H and O–H groups in total. The smallest absolute Gasteiger partial charge is 0.389 e. The van der Waals surface area contributed by atoms with E-state index in [1.54, 1.807) is 6.92 Å². The van der Waals surface area contributed by atoms with Crippen LogP contribution in [0.4, 0.5) is 22.0 Å². The molecule has 2 aromatic rings. The second kappa shape index (κ2) is 11.8. The summed E-state index contributed by atoms with van der Waals surface area (Å²) in [6, 6.07) is 4.21. The van der Waals surface area contributed by atoms with E-state index in [4.69, 9.17) is 0 Å². The number of carbonyl (C=O) groups is 1. The Morgan fingerprint density at radius 2 is 1.92 bits per heavy atom. The topological polar surface area (TPSA) is 111 Å². The summed E-state index contributed by atoms with van der Waals surface area (Å²) in [5.41, 5.74) is -0.0907. The average molecular weight is 582 g/mol. The number of sulfone groups is 1. The molecule has 0 atom stereocenters. The first kappa shape index (κ1) is 30.8. The molecule has 1 aromatic carbocycles. The fourth-order valence-electron chi connectivity index (χ4n) is 4.89. The van der Waals surface area contributed by atoms with Crippen LogP contribution in [0, 0.1) is 6.92 Å². The fraction of sp³-hybridized carbons (Fsp3) is 0.600. The molecule has 1 amide bonds. The molecule has 218 valence electrons. The van der Waals surface area contributed by atoms with Crippen molar-refractivity contribution in [3.8, 4) is 17.0 Å². The van der Waals surface area contributed by atoms with Crippen molar-refractivity contribution in [2.75, 3.05) is 12.8 Å². The van der Waals surface area contributed by atoms with E-state index < -0.39 is 45.8 Å². The molecule has 1 aliphatic carbocycles. The molecular formula is C25H32F5N3O5S. The molecule has 1 fully saturated rings. The number of carbonyl (C=O) groups excluding carboxylic acids is 1. The van der Waals surface area contributed by atoms with E-state index in [0.29, 0.717) is 16.8 Å². The molecular weight excluding hydrogens is 549 g/mol. The van der Waals surface area contributed by atoms with Crippen molar-refractivity contribution in [2.24, 2.45) is 7.05 Å². The summed E-state index contributed by atoms with van der Waals surface area (Å²) in [5.74, 6) is -0.877. The Labute approximate surface area is 223 Å². The highest BCUT2D eigenvalue weighted by Gasteiger charge is 2.37. The number of rotatable bonds is 10. The van der Waals surface area contributed by atoms with E-state index in [0.717, 1.165) is 6.26 Å². The molecule has 14 heteroatoms. The Morgan fingerprint density at radius 1 is 1.28 bits per heavy atom. The number of ether oxygens (including phenoxy) is 1. The standard InChI is InChI=1S/C25H32F5N3O5S/c1-15-20(22(34)31-14-24(35)11-8-17(9-12-24)39(3,36)37)32-33(2)21(15)18-7-6-16(5-4-10-25(28,29)30)13-19(18)38-23(26)27/h6-7,13,17,23,35H,4-5,8-12,14H2,1-3H3,(H,31,34)/t17-,24+. The molecule has 1 aromatic heterocycles. The van der Waals surface area contributed by atoms with Gasteiger partial charge in [0.05, 0.1) is 16.5 Å². The van der Waals surface area contributed by atoms with Crippen LogP contribution in [0.15, 0.2) is 18.2 Å². The number of nitrogens with one attached hydrogen (secondary N) is 1. The van der Waals surface area contributed by atoms with Crippen LogP contribution < -0.4 is 10.1 Å². The number of hydrogen-bond acceptors (Lipinski definition) is 6. The zero-order valence-electron chi connectivity index (χ0n) is 21.8. The number of amides is 1. The summed E-state index contributed by atoms with van der Waals surface area (Å²) in [6.07, 6.45) is -3.44. The molecule has 0 spiro atoms. The minimum atomic E-state index is -4.32. The largest absolute Gasteiger partial charge is 0.434 e. The third-order valence-corrected chi connectivity index (χ3v) is 8.67. The molecule has 8 nitrogen and oxygen atoms in total. The number of nitrogens with zero attached hydrogens (tertiary/aromatic N) is 2. The van der Waals surface area contributed by atoms with Crippen molar-refractivity contribution in [2.45, 2.75) is 75.5 Å². The lowest BCUT2D eigenvalue weighted by Gasteiger charge is -2.35. The minimum absolute atomic E-state index is 0.00521. The first-order chi connectivity index (χ1) is 18.0. The molecule has 3 rings (SSSR count). The Bertz CT molecular complexity index is 1290. The Kier molecular flexibility index (Phi) is 9.31. The Hall–Kier alpha value is -2.74. The van der Waals surface area contributed by atoms with Gasteiger partial charge in [-0.05, 0) is 63.1 Å².